The molecule has 1 heterocycles. The molecule has 0 aromatic carbocycles. The molecule has 1 aromatic rings. The maximum atomic E-state index is 11.7. The van der Waals surface area contributed by atoms with Crippen LogP contribution in [0.5, 0.6) is 0 Å². The summed E-state index contributed by atoms with van der Waals surface area (Å²) < 4.78 is 27.7. The molecule has 0 atom stereocenters. The second kappa shape index (κ2) is 6.97. The molecule has 2 N–H and O–H groups in total. The molecule has 2 rings (SSSR count). The molecule has 8 heteroatoms. The third kappa shape index (κ3) is 6.13. The van der Waals surface area contributed by atoms with Gasteiger partial charge in [0.15, 0.2) is 0 Å². The Kier molecular flexibility index (Phi) is 5.29. The lowest BCUT2D eigenvalue weighted by Crippen LogP contribution is -2.30. The Morgan fingerprint density at radius 2 is 2.11 bits per heavy atom. The van der Waals surface area contributed by atoms with Gasteiger partial charge in [0.1, 0.15) is 0 Å². The highest BCUT2D eigenvalue weighted by Crippen LogP contribution is 2.18. The van der Waals surface area contributed by atoms with Crippen LogP contribution in [0.1, 0.15) is 25.7 Å². The smallest absolute Gasteiger partial charge is 0.211 e. The van der Waals surface area contributed by atoms with Gasteiger partial charge in [0.2, 0.25) is 10.0 Å². The third-order valence-electron chi connectivity index (χ3n) is 2.96. The van der Waals surface area contributed by atoms with E-state index in [0.717, 1.165) is 6.54 Å². The monoisotopic (exact) mass is 287 g/mol. The summed E-state index contributed by atoms with van der Waals surface area (Å²) in [5.74, 6) is 0.191. The minimum Gasteiger partial charge on any atom is -0.314 e. The van der Waals surface area contributed by atoms with E-state index in [0.29, 0.717) is 32.0 Å². The van der Waals surface area contributed by atoms with E-state index in [4.69, 9.17) is 0 Å². The summed E-state index contributed by atoms with van der Waals surface area (Å²) in [5, 5.41) is 10.8. The molecule has 108 valence electrons. The van der Waals surface area contributed by atoms with Crippen molar-refractivity contribution < 1.29 is 8.42 Å². The fraction of sp³-hybridized carbons (Fsp3) is 0.818. The summed E-state index contributed by atoms with van der Waals surface area (Å²) >= 11 is 0. The first kappa shape index (κ1) is 14.4. The van der Waals surface area contributed by atoms with E-state index in [-0.39, 0.29) is 5.75 Å². The molecule has 1 fully saturated rings. The second-order valence-corrected chi connectivity index (χ2v) is 6.74. The largest absolute Gasteiger partial charge is 0.314 e. The van der Waals surface area contributed by atoms with Crippen molar-refractivity contribution in [1.29, 1.82) is 0 Å². The van der Waals surface area contributed by atoms with Crippen molar-refractivity contribution in [3.63, 3.8) is 0 Å². The summed E-state index contributed by atoms with van der Waals surface area (Å²) in [7, 11) is -3.14. The molecule has 1 saturated carbocycles. The summed E-state index contributed by atoms with van der Waals surface area (Å²) in [6, 6.07) is 0.637. The van der Waals surface area contributed by atoms with Crippen molar-refractivity contribution in [1.82, 2.24) is 25.0 Å². The molecule has 0 spiro atoms. The summed E-state index contributed by atoms with van der Waals surface area (Å²) in [4.78, 5) is 0. The van der Waals surface area contributed by atoms with Crippen LogP contribution in [-0.2, 0) is 16.6 Å². The van der Waals surface area contributed by atoms with Gasteiger partial charge in [-0.05, 0) is 32.2 Å². The zero-order valence-electron chi connectivity index (χ0n) is 11.0. The van der Waals surface area contributed by atoms with Crippen LogP contribution in [0.3, 0.4) is 0 Å². The van der Waals surface area contributed by atoms with E-state index >= 15 is 0 Å². The minimum atomic E-state index is -3.14. The van der Waals surface area contributed by atoms with E-state index in [1.807, 2.05) is 0 Å². The van der Waals surface area contributed by atoms with Gasteiger partial charge in [-0.15, -0.1) is 5.10 Å². The maximum Gasteiger partial charge on any atom is 0.211 e. The lowest BCUT2D eigenvalue weighted by Gasteiger charge is -2.07. The summed E-state index contributed by atoms with van der Waals surface area (Å²) in [6.07, 6.45) is 7.20. The SMILES string of the molecule is O=S(=O)(CCCNC1CC1)NCCCn1ccnn1. The highest BCUT2D eigenvalue weighted by molar-refractivity contribution is 7.89. The van der Waals surface area contributed by atoms with E-state index < -0.39 is 10.0 Å². The average molecular weight is 287 g/mol. The quantitative estimate of drug-likeness (QED) is 0.578. The predicted molar refractivity (Wildman–Crippen MR) is 72.1 cm³/mol. The van der Waals surface area contributed by atoms with Crippen LogP contribution >= 0.6 is 0 Å². The molecular formula is C11H21N5O2S. The standard InChI is InChI=1S/C11H21N5O2S/c17-19(18,10-2-5-12-11-3-4-11)14-6-1-8-16-9-7-13-15-16/h7,9,11-12,14H,1-6,8,10H2. The van der Waals surface area contributed by atoms with Crippen molar-refractivity contribution in [3.8, 4) is 0 Å². The van der Waals surface area contributed by atoms with Gasteiger partial charge < -0.3 is 5.32 Å². The van der Waals surface area contributed by atoms with E-state index in [1.54, 1.807) is 17.1 Å². The van der Waals surface area contributed by atoms with Crippen LogP contribution in [0.4, 0.5) is 0 Å². The molecule has 1 aliphatic carbocycles. The molecule has 0 saturated heterocycles. The molecule has 7 nitrogen and oxygen atoms in total. The molecule has 1 aromatic heterocycles. The number of nitrogens with zero attached hydrogens (tertiary/aromatic N) is 3. The van der Waals surface area contributed by atoms with Crippen LogP contribution in [0.15, 0.2) is 12.4 Å². The van der Waals surface area contributed by atoms with Gasteiger partial charge >= 0.3 is 0 Å². The van der Waals surface area contributed by atoms with Crippen molar-refractivity contribution in [3.05, 3.63) is 12.4 Å². The Bertz CT molecular complexity index is 455. The van der Waals surface area contributed by atoms with Crippen molar-refractivity contribution in [2.75, 3.05) is 18.8 Å². The van der Waals surface area contributed by atoms with Crippen LogP contribution in [0.2, 0.25) is 0 Å². The summed E-state index contributed by atoms with van der Waals surface area (Å²) in [5.41, 5.74) is 0. The van der Waals surface area contributed by atoms with E-state index in [2.05, 4.69) is 20.4 Å². The Labute approximate surface area is 113 Å². The molecule has 0 radical (unpaired) electrons. The predicted octanol–water partition coefficient (Wildman–Crippen LogP) is -0.270. The Balaban J connectivity index is 1.52. The number of aromatic nitrogens is 3. The number of hydrogen-bond acceptors (Lipinski definition) is 5. The first-order valence-corrected chi connectivity index (χ1v) is 8.36. The van der Waals surface area contributed by atoms with Gasteiger partial charge in [0.25, 0.3) is 0 Å². The van der Waals surface area contributed by atoms with Gasteiger partial charge in [-0.25, -0.2) is 13.1 Å². The van der Waals surface area contributed by atoms with Gasteiger partial charge in [-0.2, -0.15) is 0 Å². The number of aryl methyl sites for hydroxylation is 1. The van der Waals surface area contributed by atoms with Crippen LogP contribution < -0.4 is 10.0 Å². The first-order chi connectivity index (χ1) is 9.16. The topological polar surface area (TPSA) is 88.9 Å². The Morgan fingerprint density at radius 3 is 2.79 bits per heavy atom. The van der Waals surface area contributed by atoms with Gasteiger partial charge in [0, 0.05) is 25.3 Å². The second-order valence-electron chi connectivity index (χ2n) is 4.81. The zero-order chi connectivity index (χ0) is 13.6. The molecule has 19 heavy (non-hydrogen) atoms. The Hall–Kier alpha value is -0.990. The van der Waals surface area contributed by atoms with Gasteiger partial charge in [-0.1, -0.05) is 5.21 Å². The fourth-order valence-electron chi connectivity index (χ4n) is 1.75. The third-order valence-corrected chi connectivity index (χ3v) is 4.43. The zero-order valence-corrected chi connectivity index (χ0v) is 11.8. The molecule has 0 bridgehead atoms. The lowest BCUT2D eigenvalue weighted by molar-refractivity contribution is 0.540. The van der Waals surface area contributed by atoms with Crippen LogP contribution in [-0.4, -0.2) is 48.3 Å². The number of rotatable bonds is 10. The average Bonchev–Trinajstić information content (AvgIpc) is 3.05. The highest BCUT2D eigenvalue weighted by atomic mass is 32.2. The van der Waals surface area contributed by atoms with Crippen molar-refractivity contribution >= 4 is 10.0 Å². The summed E-state index contributed by atoms with van der Waals surface area (Å²) in [6.45, 7) is 1.90. The van der Waals surface area contributed by atoms with Gasteiger partial charge in [-0.3, -0.25) is 4.68 Å². The number of sulfonamides is 1. The molecule has 0 aliphatic heterocycles. The minimum absolute atomic E-state index is 0.191. The molecule has 0 amide bonds. The Morgan fingerprint density at radius 1 is 1.26 bits per heavy atom. The van der Waals surface area contributed by atoms with Crippen molar-refractivity contribution in [2.45, 2.75) is 38.3 Å². The highest BCUT2D eigenvalue weighted by Gasteiger charge is 2.20. The normalized spacial score (nSPS) is 15.8. The lowest BCUT2D eigenvalue weighted by atomic mass is 10.4. The first-order valence-electron chi connectivity index (χ1n) is 6.70. The van der Waals surface area contributed by atoms with E-state index in [9.17, 15) is 8.42 Å². The fourth-order valence-corrected chi connectivity index (χ4v) is 2.87. The van der Waals surface area contributed by atoms with E-state index in [1.165, 1.54) is 12.8 Å². The van der Waals surface area contributed by atoms with Gasteiger partial charge in [0.05, 0.1) is 11.9 Å². The molecular weight excluding hydrogens is 266 g/mol. The number of nitrogens with one attached hydrogen (secondary N) is 2. The number of hydrogen-bond donors (Lipinski definition) is 2. The van der Waals surface area contributed by atoms with Crippen LogP contribution in [0.25, 0.3) is 0 Å². The molecule has 0 unspecified atom stereocenters. The van der Waals surface area contributed by atoms with Crippen molar-refractivity contribution in [2.24, 2.45) is 0 Å². The van der Waals surface area contributed by atoms with Crippen LogP contribution in [0, 0.1) is 0 Å². The molecule has 1 aliphatic rings. The maximum absolute atomic E-state index is 11.7.